The third-order valence-corrected chi connectivity index (χ3v) is 3.49. The number of carboxylic acids is 1. The maximum atomic E-state index is 10.3. The number of hydrogen-bond donors (Lipinski definition) is 4. The Balaban J connectivity index is -0.000000712. The standard InChI is InChI=1S/C16H32O2.BH3O3.Zr/c1-2-3-4-5-6-7-8-9-10-11-12-13-14-15-16(17)18;2-1(3)4;/h2-15H2,1H3,(H,17,18);2-4H;. The summed E-state index contributed by atoms with van der Waals surface area (Å²) >= 11 is 0. The van der Waals surface area contributed by atoms with Crippen molar-refractivity contribution in [2.45, 2.75) is 96.8 Å². The van der Waals surface area contributed by atoms with E-state index in [0.717, 1.165) is 12.8 Å². The van der Waals surface area contributed by atoms with Gasteiger partial charge in [-0.05, 0) is 6.42 Å². The van der Waals surface area contributed by atoms with E-state index in [0.29, 0.717) is 6.42 Å². The van der Waals surface area contributed by atoms with Crippen LogP contribution < -0.4 is 0 Å². The molecule has 136 valence electrons. The fourth-order valence-electron chi connectivity index (χ4n) is 2.29. The summed E-state index contributed by atoms with van der Waals surface area (Å²) in [4.78, 5) is 10.3. The van der Waals surface area contributed by atoms with Crippen LogP contribution in [-0.2, 0) is 31.0 Å². The summed E-state index contributed by atoms with van der Waals surface area (Å²) in [6, 6.07) is 0. The Morgan fingerprint density at radius 3 is 1.22 bits per heavy atom. The number of carbonyl (C=O) groups is 1. The van der Waals surface area contributed by atoms with Crippen LogP contribution in [0, 0.1) is 0 Å². The van der Waals surface area contributed by atoms with Gasteiger partial charge in [0, 0.05) is 32.6 Å². The Labute approximate surface area is 161 Å². The molecule has 0 saturated carbocycles. The number of aliphatic carboxylic acids is 1. The third-order valence-electron chi connectivity index (χ3n) is 3.49. The quantitative estimate of drug-likeness (QED) is 0.260. The molecule has 0 aromatic carbocycles. The van der Waals surface area contributed by atoms with Crippen LogP contribution in [0.5, 0.6) is 0 Å². The Morgan fingerprint density at radius 2 is 0.957 bits per heavy atom. The van der Waals surface area contributed by atoms with Crippen molar-refractivity contribution in [3.63, 3.8) is 0 Å². The minimum absolute atomic E-state index is 0. The smallest absolute Gasteiger partial charge is 0.481 e. The number of unbranched alkanes of at least 4 members (excludes halogenated alkanes) is 12. The van der Waals surface area contributed by atoms with Crippen LogP contribution in [0.2, 0.25) is 0 Å². The van der Waals surface area contributed by atoms with E-state index >= 15 is 0 Å². The molecule has 0 bridgehead atoms. The summed E-state index contributed by atoms with van der Waals surface area (Å²) in [5.41, 5.74) is 0. The first kappa shape index (κ1) is 28.1. The molecule has 7 heteroatoms. The van der Waals surface area contributed by atoms with E-state index < -0.39 is 13.3 Å². The minimum atomic E-state index is -2.17. The molecule has 0 aliphatic heterocycles. The molecule has 5 nitrogen and oxygen atoms in total. The van der Waals surface area contributed by atoms with Crippen LogP contribution in [0.3, 0.4) is 0 Å². The summed E-state index contributed by atoms with van der Waals surface area (Å²) in [5, 5.41) is 30.0. The van der Waals surface area contributed by atoms with Crippen LogP contribution in [0.4, 0.5) is 0 Å². The van der Waals surface area contributed by atoms with Crippen LogP contribution in [-0.4, -0.2) is 33.5 Å². The molecule has 0 rings (SSSR count). The Kier molecular flexibility index (Phi) is 30.0. The van der Waals surface area contributed by atoms with Crippen LogP contribution in [0.25, 0.3) is 0 Å². The van der Waals surface area contributed by atoms with Gasteiger partial charge in [0.05, 0.1) is 0 Å². The Bertz CT molecular complexity index is 228. The van der Waals surface area contributed by atoms with Gasteiger partial charge in [-0.15, -0.1) is 0 Å². The first-order valence-corrected chi connectivity index (χ1v) is 8.76. The SMILES string of the molecule is CCCCCCCCCCCCCCCC(=O)O.OB(O)O.[Zr]. The second-order valence-electron chi connectivity index (χ2n) is 5.73. The summed E-state index contributed by atoms with van der Waals surface area (Å²) < 4.78 is 0. The van der Waals surface area contributed by atoms with E-state index in [-0.39, 0.29) is 26.2 Å². The van der Waals surface area contributed by atoms with Crippen molar-refractivity contribution in [1.29, 1.82) is 0 Å². The van der Waals surface area contributed by atoms with Crippen molar-refractivity contribution in [3.05, 3.63) is 0 Å². The Morgan fingerprint density at radius 1 is 0.696 bits per heavy atom. The molecule has 0 unspecified atom stereocenters. The molecular weight excluding hydrogens is 374 g/mol. The average molecular weight is 409 g/mol. The van der Waals surface area contributed by atoms with Crippen LogP contribution in [0.15, 0.2) is 0 Å². The van der Waals surface area contributed by atoms with Crippen LogP contribution in [0.1, 0.15) is 96.8 Å². The summed E-state index contributed by atoms with van der Waals surface area (Å²) in [6.45, 7) is 2.26. The van der Waals surface area contributed by atoms with Crippen molar-refractivity contribution < 1.29 is 51.2 Å². The summed E-state index contributed by atoms with van der Waals surface area (Å²) in [7, 11) is -2.17. The zero-order valence-corrected chi connectivity index (χ0v) is 17.1. The van der Waals surface area contributed by atoms with E-state index in [4.69, 9.17) is 20.2 Å². The van der Waals surface area contributed by atoms with Gasteiger partial charge < -0.3 is 20.2 Å². The van der Waals surface area contributed by atoms with Crippen molar-refractivity contribution in [2.75, 3.05) is 0 Å². The minimum Gasteiger partial charge on any atom is -0.481 e. The van der Waals surface area contributed by atoms with Gasteiger partial charge in [0.25, 0.3) is 0 Å². The van der Waals surface area contributed by atoms with Gasteiger partial charge >= 0.3 is 13.3 Å². The summed E-state index contributed by atoms with van der Waals surface area (Å²) in [6.07, 6.45) is 17.3. The van der Waals surface area contributed by atoms with Gasteiger partial charge in [-0.3, -0.25) is 4.79 Å². The maximum absolute atomic E-state index is 10.3. The molecule has 0 heterocycles. The van der Waals surface area contributed by atoms with Crippen molar-refractivity contribution in [2.24, 2.45) is 0 Å². The fraction of sp³-hybridized carbons (Fsp3) is 0.938. The predicted molar refractivity (Wildman–Crippen MR) is 90.4 cm³/mol. The predicted octanol–water partition coefficient (Wildman–Crippen LogP) is 3.50. The van der Waals surface area contributed by atoms with Crippen molar-refractivity contribution in [1.82, 2.24) is 0 Å². The first-order valence-electron chi connectivity index (χ1n) is 8.76. The number of hydrogen-bond acceptors (Lipinski definition) is 4. The summed E-state index contributed by atoms with van der Waals surface area (Å²) in [5.74, 6) is -0.655. The average Bonchev–Trinajstić information content (AvgIpc) is 2.43. The van der Waals surface area contributed by atoms with Gasteiger partial charge in [0.2, 0.25) is 0 Å². The maximum Gasteiger partial charge on any atom is 0.631 e. The fourth-order valence-corrected chi connectivity index (χ4v) is 2.29. The monoisotopic (exact) mass is 408 g/mol. The van der Waals surface area contributed by atoms with E-state index in [1.807, 2.05) is 0 Å². The molecule has 23 heavy (non-hydrogen) atoms. The molecule has 0 aromatic heterocycles. The third kappa shape index (κ3) is 39.3. The molecule has 0 radical (unpaired) electrons. The number of rotatable bonds is 14. The molecule has 0 amide bonds. The van der Waals surface area contributed by atoms with Gasteiger partial charge in [-0.1, -0.05) is 84.0 Å². The van der Waals surface area contributed by atoms with Gasteiger partial charge in [0.15, 0.2) is 0 Å². The van der Waals surface area contributed by atoms with Gasteiger partial charge in [-0.25, -0.2) is 0 Å². The zero-order chi connectivity index (χ0) is 17.1. The second kappa shape index (κ2) is 24.5. The van der Waals surface area contributed by atoms with Crippen LogP contribution >= 0.6 is 0 Å². The van der Waals surface area contributed by atoms with Crippen molar-refractivity contribution >= 4 is 13.3 Å². The largest absolute Gasteiger partial charge is 0.631 e. The van der Waals surface area contributed by atoms with E-state index in [1.54, 1.807) is 0 Å². The topological polar surface area (TPSA) is 98.0 Å². The zero-order valence-electron chi connectivity index (χ0n) is 14.7. The molecule has 0 aliphatic carbocycles. The molecule has 0 aliphatic rings. The molecule has 0 aromatic rings. The van der Waals surface area contributed by atoms with E-state index in [1.165, 1.54) is 70.6 Å². The second-order valence-corrected chi connectivity index (χ2v) is 5.73. The number of carboxylic acid groups (broad SMARTS) is 1. The Hall–Kier alpha value is 0.298. The van der Waals surface area contributed by atoms with E-state index in [2.05, 4.69) is 6.92 Å². The van der Waals surface area contributed by atoms with Gasteiger partial charge in [-0.2, -0.15) is 0 Å². The first-order chi connectivity index (χ1) is 10.5. The molecule has 0 atom stereocenters. The molecule has 0 fully saturated rings. The van der Waals surface area contributed by atoms with Gasteiger partial charge in [0.1, 0.15) is 0 Å². The molecule has 4 N–H and O–H groups in total. The normalized spacial score (nSPS) is 9.57. The van der Waals surface area contributed by atoms with E-state index in [9.17, 15) is 4.79 Å². The van der Waals surface area contributed by atoms with Crippen molar-refractivity contribution in [3.8, 4) is 0 Å². The molecule has 0 saturated heterocycles. The molecular formula is C16H35BO5Zr. The molecule has 0 spiro atoms.